The molecule has 1 heterocycles. The van der Waals surface area contributed by atoms with Crippen molar-refractivity contribution >= 4 is 27.4 Å². The lowest BCUT2D eigenvalue weighted by Crippen LogP contribution is -2.19. The lowest BCUT2D eigenvalue weighted by Gasteiger charge is -2.12. The summed E-state index contributed by atoms with van der Waals surface area (Å²) in [5, 5.41) is 15.8. The number of sulfonamides is 1. The van der Waals surface area contributed by atoms with Crippen LogP contribution in [0.3, 0.4) is 0 Å². The summed E-state index contributed by atoms with van der Waals surface area (Å²) < 4.78 is 34.8. The number of carbonyl (C=O) groups excluding carboxylic acids is 1. The molecule has 0 radical (unpaired) electrons. The second-order valence-electron chi connectivity index (χ2n) is 7.07. The van der Waals surface area contributed by atoms with Crippen LogP contribution in [0.4, 0.5) is 11.5 Å². The van der Waals surface area contributed by atoms with Crippen LogP contribution in [0.25, 0.3) is 0 Å². The number of nitriles is 1. The summed E-state index contributed by atoms with van der Waals surface area (Å²) in [6, 6.07) is 14.5. The van der Waals surface area contributed by atoms with Gasteiger partial charge in [0.15, 0.2) is 0 Å². The third-order valence-corrected chi connectivity index (χ3v) is 6.06. The van der Waals surface area contributed by atoms with Crippen molar-refractivity contribution in [2.75, 3.05) is 17.1 Å². The molecular weight excluding hydrogens is 430 g/mol. The lowest BCUT2D eigenvalue weighted by molar-refractivity contribution is 0.102. The molecule has 166 valence electrons. The number of hydrogen-bond donors (Lipinski definition) is 2. The van der Waals surface area contributed by atoms with Crippen molar-refractivity contribution in [1.29, 1.82) is 5.26 Å². The first-order chi connectivity index (χ1) is 15.2. The Hall–Kier alpha value is -3.84. The van der Waals surface area contributed by atoms with Crippen molar-refractivity contribution in [3.63, 3.8) is 0 Å². The summed E-state index contributed by atoms with van der Waals surface area (Å²) >= 11 is 0. The van der Waals surface area contributed by atoms with E-state index in [1.807, 2.05) is 6.07 Å². The number of aromatic nitrogens is 2. The number of anilines is 2. The number of aryl methyl sites for hydroxylation is 3. The highest BCUT2D eigenvalue weighted by molar-refractivity contribution is 7.92. The Bertz CT molecular complexity index is 1270. The first kappa shape index (κ1) is 22.8. The highest BCUT2D eigenvalue weighted by atomic mass is 32.2. The lowest BCUT2D eigenvalue weighted by atomic mass is 10.1. The largest absolute Gasteiger partial charge is 0.497 e. The molecule has 0 saturated carbocycles. The zero-order valence-electron chi connectivity index (χ0n) is 17.9. The second-order valence-corrected chi connectivity index (χ2v) is 8.75. The zero-order chi connectivity index (χ0) is 23.3. The molecule has 2 aromatic carbocycles. The van der Waals surface area contributed by atoms with E-state index in [2.05, 4.69) is 15.1 Å². The number of rotatable bonds is 8. The second kappa shape index (κ2) is 9.53. The van der Waals surface area contributed by atoms with Crippen molar-refractivity contribution in [1.82, 2.24) is 9.78 Å². The van der Waals surface area contributed by atoms with E-state index in [9.17, 15) is 13.2 Å². The quantitative estimate of drug-likeness (QED) is 0.538. The van der Waals surface area contributed by atoms with Crippen LogP contribution in [0.15, 0.2) is 53.4 Å². The third kappa shape index (κ3) is 5.25. The summed E-state index contributed by atoms with van der Waals surface area (Å²) in [5.74, 6) is 0.570. The monoisotopic (exact) mass is 453 g/mol. The maximum absolute atomic E-state index is 12.9. The molecule has 0 atom stereocenters. The fourth-order valence-electron chi connectivity index (χ4n) is 3.04. The summed E-state index contributed by atoms with van der Waals surface area (Å²) in [5.41, 5.74) is 1.89. The number of ether oxygens (including phenoxy) is 1. The number of nitrogens with zero attached hydrogens (tertiary/aromatic N) is 3. The maximum Gasteiger partial charge on any atom is 0.261 e. The van der Waals surface area contributed by atoms with E-state index in [1.165, 1.54) is 23.9 Å². The van der Waals surface area contributed by atoms with E-state index in [-0.39, 0.29) is 16.9 Å². The molecule has 3 aromatic rings. The van der Waals surface area contributed by atoms with Crippen molar-refractivity contribution in [3.8, 4) is 11.8 Å². The molecule has 9 nitrogen and oxygen atoms in total. The molecule has 0 aliphatic carbocycles. The number of carbonyl (C=O) groups is 1. The molecular formula is C22H23N5O4S. The summed E-state index contributed by atoms with van der Waals surface area (Å²) in [6.45, 7) is 3.83. The molecule has 0 unspecified atom stereocenters. The smallest absolute Gasteiger partial charge is 0.261 e. The van der Waals surface area contributed by atoms with Gasteiger partial charge in [-0.3, -0.25) is 9.52 Å². The van der Waals surface area contributed by atoms with Gasteiger partial charge in [0.2, 0.25) is 0 Å². The molecule has 1 amide bonds. The van der Waals surface area contributed by atoms with E-state index in [1.54, 1.807) is 50.2 Å². The number of amides is 1. The Balaban J connectivity index is 1.85. The van der Waals surface area contributed by atoms with Gasteiger partial charge in [0.05, 0.1) is 36.7 Å². The SMILES string of the molecule is COc1ccc(NS(=O)(=O)c2ccc(C)c(C(=O)Nc3cc(C)nn3CCC#N)c2)cc1. The normalized spacial score (nSPS) is 10.9. The van der Waals surface area contributed by atoms with Crippen molar-refractivity contribution in [2.24, 2.45) is 0 Å². The minimum absolute atomic E-state index is 0.0433. The van der Waals surface area contributed by atoms with Crippen molar-refractivity contribution in [2.45, 2.75) is 31.7 Å². The van der Waals surface area contributed by atoms with Gasteiger partial charge in [-0.25, -0.2) is 13.1 Å². The summed E-state index contributed by atoms with van der Waals surface area (Å²) in [6.07, 6.45) is 0.244. The molecule has 0 bridgehead atoms. The molecule has 0 fully saturated rings. The van der Waals surface area contributed by atoms with Gasteiger partial charge in [-0.15, -0.1) is 0 Å². The highest BCUT2D eigenvalue weighted by Gasteiger charge is 2.19. The molecule has 1 aromatic heterocycles. The fraction of sp³-hybridized carbons (Fsp3) is 0.227. The van der Waals surface area contributed by atoms with Crippen LogP contribution in [0.5, 0.6) is 5.75 Å². The summed E-state index contributed by atoms with van der Waals surface area (Å²) in [4.78, 5) is 12.9. The number of nitrogens with one attached hydrogen (secondary N) is 2. The number of hydrogen-bond acceptors (Lipinski definition) is 6. The van der Waals surface area contributed by atoms with Gasteiger partial charge in [-0.05, 0) is 55.8 Å². The van der Waals surface area contributed by atoms with E-state index in [0.717, 1.165) is 0 Å². The van der Waals surface area contributed by atoms with Gasteiger partial charge in [-0.2, -0.15) is 10.4 Å². The van der Waals surface area contributed by atoms with Gasteiger partial charge in [-0.1, -0.05) is 6.07 Å². The standard InChI is InChI=1S/C22H23N5O4S/c1-15-5-10-19(32(29,30)26-17-6-8-18(31-3)9-7-17)14-20(15)22(28)24-21-13-16(2)25-27(21)12-4-11-23/h5-10,13-14,26H,4,12H2,1-3H3,(H,24,28). The van der Waals surface area contributed by atoms with Crippen LogP contribution in [0.1, 0.15) is 28.0 Å². The minimum Gasteiger partial charge on any atom is -0.497 e. The molecule has 32 heavy (non-hydrogen) atoms. The van der Waals surface area contributed by atoms with Crippen LogP contribution in [-0.2, 0) is 16.6 Å². The fourth-order valence-corrected chi connectivity index (χ4v) is 4.13. The van der Waals surface area contributed by atoms with Crippen molar-refractivity contribution < 1.29 is 17.9 Å². The van der Waals surface area contributed by atoms with E-state index in [0.29, 0.717) is 35.1 Å². The number of benzene rings is 2. The molecule has 10 heteroatoms. The van der Waals surface area contributed by atoms with Crippen LogP contribution >= 0.6 is 0 Å². The third-order valence-electron chi connectivity index (χ3n) is 4.69. The van der Waals surface area contributed by atoms with E-state index in [4.69, 9.17) is 10.00 Å². The van der Waals surface area contributed by atoms with E-state index >= 15 is 0 Å². The Labute approximate surface area is 186 Å². The Morgan fingerprint density at radius 3 is 2.53 bits per heavy atom. The molecule has 2 N–H and O–H groups in total. The highest BCUT2D eigenvalue weighted by Crippen LogP contribution is 2.22. The van der Waals surface area contributed by atoms with E-state index < -0.39 is 15.9 Å². The van der Waals surface area contributed by atoms with Crippen LogP contribution in [0, 0.1) is 25.2 Å². The maximum atomic E-state index is 12.9. The van der Waals surface area contributed by atoms with Crippen LogP contribution in [0.2, 0.25) is 0 Å². The van der Waals surface area contributed by atoms with Gasteiger partial charge in [0, 0.05) is 17.3 Å². The van der Waals surface area contributed by atoms with Gasteiger partial charge in [0.1, 0.15) is 11.6 Å². The predicted molar refractivity (Wildman–Crippen MR) is 120 cm³/mol. The Morgan fingerprint density at radius 2 is 1.88 bits per heavy atom. The first-order valence-electron chi connectivity index (χ1n) is 9.74. The Morgan fingerprint density at radius 1 is 1.16 bits per heavy atom. The summed E-state index contributed by atoms with van der Waals surface area (Å²) in [7, 11) is -2.40. The van der Waals surface area contributed by atoms with Gasteiger partial charge >= 0.3 is 0 Å². The first-order valence-corrected chi connectivity index (χ1v) is 11.2. The average molecular weight is 454 g/mol. The van der Waals surface area contributed by atoms with Crippen LogP contribution in [-0.4, -0.2) is 31.2 Å². The zero-order valence-corrected chi connectivity index (χ0v) is 18.7. The topological polar surface area (TPSA) is 126 Å². The predicted octanol–water partition coefficient (Wildman–Crippen LogP) is 3.48. The molecule has 0 spiro atoms. The molecule has 0 aliphatic heterocycles. The Kier molecular flexibility index (Phi) is 6.80. The van der Waals surface area contributed by atoms with Crippen molar-refractivity contribution in [3.05, 3.63) is 65.4 Å². The average Bonchev–Trinajstić information content (AvgIpc) is 3.11. The number of methoxy groups -OCH3 is 1. The molecule has 3 rings (SSSR count). The molecule has 0 saturated heterocycles. The van der Waals surface area contributed by atoms with Gasteiger partial charge < -0.3 is 10.1 Å². The molecule has 0 aliphatic rings. The minimum atomic E-state index is -3.92. The van der Waals surface area contributed by atoms with Gasteiger partial charge in [0.25, 0.3) is 15.9 Å². The van der Waals surface area contributed by atoms with Crippen LogP contribution < -0.4 is 14.8 Å².